The molecule has 240 valence electrons. The van der Waals surface area contributed by atoms with Gasteiger partial charge in [-0.1, -0.05) is 60.5 Å². The molecule has 0 unspecified atom stereocenters. The lowest BCUT2D eigenvalue weighted by Gasteiger charge is -2.17. The van der Waals surface area contributed by atoms with E-state index in [1.165, 1.54) is 74.9 Å². The van der Waals surface area contributed by atoms with Crippen molar-refractivity contribution in [2.75, 3.05) is 33.3 Å². The Morgan fingerprint density at radius 1 is 0.841 bits per heavy atom. The van der Waals surface area contributed by atoms with Gasteiger partial charge >= 0.3 is 0 Å². The van der Waals surface area contributed by atoms with Crippen molar-refractivity contribution in [1.29, 1.82) is 0 Å². The molecule has 0 spiro atoms. The Bertz CT molecular complexity index is 1200. The van der Waals surface area contributed by atoms with Crippen LogP contribution in [0.15, 0.2) is 71.3 Å². The number of nitrogens with zero attached hydrogens (tertiary/aromatic N) is 1. The Kier molecular flexibility index (Phi) is 16.0. The molecule has 0 saturated carbocycles. The molecule has 0 bridgehead atoms. The lowest BCUT2D eigenvalue weighted by molar-refractivity contribution is -0.120. The molecule has 2 aromatic rings. The van der Waals surface area contributed by atoms with E-state index in [2.05, 4.69) is 61.3 Å². The molecule has 0 aromatic heterocycles. The summed E-state index contributed by atoms with van der Waals surface area (Å²) in [5.41, 5.74) is 8.06. The van der Waals surface area contributed by atoms with Crippen molar-refractivity contribution in [1.82, 2.24) is 10.2 Å². The number of ketones is 1. The number of ether oxygens (including phenoxy) is 1. The van der Waals surface area contributed by atoms with Gasteiger partial charge in [0.2, 0.25) is 5.91 Å². The number of hydrogen-bond acceptors (Lipinski definition) is 4. The highest BCUT2D eigenvalue weighted by atomic mass is 16.5. The Hall–Kier alpha value is -3.18. The van der Waals surface area contributed by atoms with Crippen LogP contribution in [0.3, 0.4) is 0 Å². The molecule has 2 aliphatic rings. The fourth-order valence-corrected chi connectivity index (χ4v) is 6.00. The molecule has 2 aromatic carbocycles. The number of nitrogens with one attached hydrogen (secondary N) is 1. The Morgan fingerprint density at radius 2 is 1.52 bits per heavy atom. The number of carbonyl (C=O) groups is 2. The Balaban J connectivity index is 0.000000259. The topological polar surface area (TPSA) is 58.6 Å². The van der Waals surface area contributed by atoms with Crippen molar-refractivity contribution in [3.8, 4) is 5.75 Å². The highest BCUT2D eigenvalue weighted by Crippen LogP contribution is 2.28. The summed E-state index contributed by atoms with van der Waals surface area (Å²) in [6.45, 7) is 11.3. The zero-order chi connectivity index (χ0) is 31.6. The summed E-state index contributed by atoms with van der Waals surface area (Å²) < 4.78 is 5.96. The molecule has 1 aliphatic carbocycles. The van der Waals surface area contributed by atoms with Gasteiger partial charge in [0.15, 0.2) is 5.78 Å². The third kappa shape index (κ3) is 12.8. The van der Waals surface area contributed by atoms with E-state index < -0.39 is 0 Å². The predicted octanol–water partition coefficient (Wildman–Crippen LogP) is 8.67. The van der Waals surface area contributed by atoms with E-state index >= 15 is 0 Å². The first-order valence-electron chi connectivity index (χ1n) is 17.0. The van der Waals surface area contributed by atoms with Crippen LogP contribution in [0.25, 0.3) is 0 Å². The van der Waals surface area contributed by atoms with Crippen LogP contribution < -0.4 is 10.1 Å². The van der Waals surface area contributed by atoms with E-state index in [1.807, 2.05) is 24.3 Å². The normalized spacial score (nSPS) is 15.0. The lowest BCUT2D eigenvalue weighted by atomic mass is 9.90. The van der Waals surface area contributed by atoms with Crippen molar-refractivity contribution >= 4 is 11.7 Å². The van der Waals surface area contributed by atoms with Crippen LogP contribution in [0.1, 0.15) is 113 Å². The predicted molar refractivity (Wildman–Crippen MR) is 184 cm³/mol. The largest absolute Gasteiger partial charge is 0.494 e. The van der Waals surface area contributed by atoms with Crippen LogP contribution >= 0.6 is 0 Å². The molecule has 1 N–H and O–H groups in total. The van der Waals surface area contributed by atoms with Crippen LogP contribution in [-0.2, 0) is 17.6 Å². The third-order valence-corrected chi connectivity index (χ3v) is 8.88. The number of Topliss-reactive ketones (excluding diaryl/α,β-unsaturated/α-hetero) is 1. The highest BCUT2D eigenvalue weighted by Gasteiger charge is 2.11. The lowest BCUT2D eigenvalue weighted by Crippen LogP contribution is -2.20. The molecule has 4 rings (SSSR count). The molecular formula is C39H56N2O3. The second-order valence-corrected chi connectivity index (χ2v) is 12.3. The summed E-state index contributed by atoms with van der Waals surface area (Å²) in [6, 6.07) is 16.5. The molecule has 1 saturated heterocycles. The minimum Gasteiger partial charge on any atom is -0.494 e. The molecule has 5 heteroatoms. The number of carbonyl (C=O) groups excluding carboxylic acids is 2. The minimum absolute atomic E-state index is 0.0368. The van der Waals surface area contributed by atoms with E-state index in [4.69, 9.17) is 4.74 Å². The fourth-order valence-electron chi connectivity index (χ4n) is 6.00. The van der Waals surface area contributed by atoms with Crippen LogP contribution in [-0.4, -0.2) is 49.9 Å². The van der Waals surface area contributed by atoms with Crippen molar-refractivity contribution in [2.24, 2.45) is 0 Å². The molecular weight excluding hydrogens is 544 g/mol. The maximum absolute atomic E-state index is 11.9. The number of rotatable bonds is 16. The van der Waals surface area contributed by atoms with E-state index in [1.54, 1.807) is 18.2 Å². The van der Waals surface area contributed by atoms with Gasteiger partial charge in [0.1, 0.15) is 5.75 Å². The van der Waals surface area contributed by atoms with Gasteiger partial charge in [0.25, 0.3) is 0 Å². The summed E-state index contributed by atoms with van der Waals surface area (Å²) >= 11 is 0. The smallest absolute Gasteiger partial charge is 0.219 e. The first-order valence-corrected chi connectivity index (χ1v) is 17.0. The standard InChI is InChI=1S/C24H35NO.C15H21NO2/c1-20-8-5-9-21(2)24(20)11-7-19-26-23-14-12-22(13-15-23)10-6-18-25-16-3-4-17-25;1-3-12-8-10-13(11-9-12)14(17)6-4-5-7-15(18)16-2/h8,12-15H,3-7,9-11,16-19H2,1-2H3;8-11H,3-7H2,1-2H3,(H,16,18). The molecule has 0 atom stereocenters. The number of aryl methyl sites for hydroxylation is 2. The number of hydrogen-bond donors (Lipinski definition) is 1. The van der Waals surface area contributed by atoms with Crippen molar-refractivity contribution in [3.63, 3.8) is 0 Å². The van der Waals surface area contributed by atoms with Crippen molar-refractivity contribution in [2.45, 2.75) is 104 Å². The molecule has 0 radical (unpaired) electrons. The van der Waals surface area contributed by atoms with Gasteiger partial charge in [-0.3, -0.25) is 9.59 Å². The zero-order valence-corrected chi connectivity index (χ0v) is 27.9. The molecule has 1 heterocycles. The molecule has 1 amide bonds. The van der Waals surface area contributed by atoms with Crippen molar-refractivity contribution < 1.29 is 14.3 Å². The first kappa shape index (κ1) is 35.3. The molecule has 1 aliphatic heterocycles. The highest BCUT2D eigenvalue weighted by molar-refractivity contribution is 5.96. The number of unbranched alkanes of at least 4 members (excludes halogenated alkanes) is 1. The van der Waals surface area contributed by atoms with Crippen LogP contribution in [0.5, 0.6) is 5.75 Å². The number of amides is 1. The van der Waals surface area contributed by atoms with E-state index in [0.717, 1.165) is 50.0 Å². The summed E-state index contributed by atoms with van der Waals surface area (Å²) in [5.74, 6) is 1.21. The summed E-state index contributed by atoms with van der Waals surface area (Å²) in [7, 11) is 1.63. The van der Waals surface area contributed by atoms with Crippen molar-refractivity contribution in [3.05, 3.63) is 88.0 Å². The van der Waals surface area contributed by atoms with Crippen LogP contribution in [0.4, 0.5) is 0 Å². The van der Waals surface area contributed by atoms with E-state index in [-0.39, 0.29) is 11.7 Å². The van der Waals surface area contributed by atoms with Gasteiger partial charge in [-0.25, -0.2) is 0 Å². The van der Waals surface area contributed by atoms with Gasteiger partial charge < -0.3 is 15.0 Å². The summed E-state index contributed by atoms with van der Waals surface area (Å²) in [4.78, 5) is 25.5. The average molecular weight is 601 g/mol. The quantitative estimate of drug-likeness (QED) is 0.155. The fraction of sp³-hybridized carbons (Fsp3) is 0.538. The minimum atomic E-state index is 0.0368. The SMILES string of the molecule is CC1=CCCC(C)=C1CCCOc1ccc(CCCN2CCCC2)cc1.CCc1ccc(C(=O)CCCCC(=O)NC)cc1. The van der Waals surface area contributed by atoms with Crippen LogP contribution in [0.2, 0.25) is 0 Å². The molecule has 1 fully saturated rings. The van der Waals surface area contributed by atoms with Gasteiger partial charge in [-0.05, 0) is 133 Å². The van der Waals surface area contributed by atoms with E-state index in [0.29, 0.717) is 12.8 Å². The monoisotopic (exact) mass is 600 g/mol. The summed E-state index contributed by atoms with van der Waals surface area (Å²) in [6.07, 6.45) is 15.8. The Labute approximate surface area is 267 Å². The third-order valence-electron chi connectivity index (χ3n) is 8.88. The van der Waals surface area contributed by atoms with Gasteiger partial charge in [0, 0.05) is 25.5 Å². The van der Waals surface area contributed by atoms with E-state index in [9.17, 15) is 9.59 Å². The maximum Gasteiger partial charge on any atom is 0.219 e. The van der Waals surface area contributed by atoms with Gasteiger partial charge in [-0.2, -0.15) is 0 Å². The summed E-state index contributed by atoms with van der Waals surface area (Å²) in [5, 5.41) is 2.57. The zero-order valence-electron chi connectivity index (χ0n) is 27.9. The van der Waals surface area contributed by atoms with Gasteiger partial charge in [-0.15, -0.1) is 0 Å². The number of allylic oxidation sites excluding steroid dienone is 4. The second-order valence-electron chi connectivity index (χ2n) is 12.3. The first-order chi connectivity index (χ1) is 21.4. The number of benzene rings is 2. The Morgan fingerprint density at radius 3 is 2.18 bits per heavy atom. The molecule has 44 heavy (non-hydrogen) atoms. The second kappa shape index (κ2) is 20.0. The maximum atomic E-state index is 11.9. The van der Waals surface area contributed by atoms with Gasteiger partial charge in [0.05, 0.1) is 6.61 Å². The molecule has 5 nitrogen and oxygen atoms in total. The number of likely N-dealkylation sites (tertiary alicyclic amines) is 1. The average Bonchev–Trinajstić information content (AvgIpc) is 3.57. The van der Waals surface area contributed by atoms with Crippen LogP contribution in [0, 0.1) is 0 Å².